The fraction of sp³-hybridized carbons (Fsp3) is 0.500. The Morgan fingerprint density at radius 3 is 2.19 bits per heavy atom. The van der Waals surface area contributed by atoms with Gasteiger partial charge in [-0.3, -0.25) is 4.79 Å². The SMILES string of the molecule is CC(C)(C)C1(NC(=O)c2ccccc2)CC1. The van der Waals surface area contributed by atoms with Gasteiger partial charge >= 0.3 is 0 Å². The zero-order valence-electron chi connectivity index (χ0n) is 10.2. The summed E-state index contributed by atoms with van der Waals surface area (Å²) in [4.78, 5) is 12.0. The van der Waals surface area contributed by atoms with Gasteiger partial charge in [-0.1, -0.05) is 39.0 Å². The Balaban J connectivity index is 2.10. The van der Waals surface area contributed by atoms with Crippen LogP contribution in [0.1, 0.15) is 44.0 Å². The second-order valence-corrected chi connectivity index (χ2v) is 5.65. The fourth-order valence-corrected chi connectivity index (χ4v) is 2.07. The Labute approximate surface area is 97.1 Å². The van der Waals surface area contributed by atoms with Crippen LogP contribution < -0.4 is 5.32 Å². The molecule has 1 aliphatic carbocycles. The number of amides is 1. The highest BCUT2D eigenvalue weighted by molar-refractivity contribution is 5.94. The van der Waals surface area contributed by atoms with E-state index in [1.165, 1.54) is 0 Å². The predicted molar refractivity (Wildman–Crippen MR) is 65.3 cm³/mol. The third kappa shape index (κ3) is 1.97. The lowest BCUT2D eigenvalue weighted by molar-refractivity contribution is 0.0888. The first-order valence-electron chi connectivity index (χ1n) is 5.82. The van der Waals surface area contributed by atoms with Gasteiger partial charge in [-0.25, -0.2) is 0 Å². The second-order valence-electron chi connectivity index (χ2n) is 5.65. The van der Waals surface area contributed by atoms with Gasteiger partial charge in [0, 0.05) is 11.1 Å². The van der Waals surface area contributed by atoms with E-state index < -0.39 is 0 Å². The minimum absolute atomic E-state index is 0.0138. The summed E-state index contributed by atoms with van der Waals surface area (Å²) in [5.41, 5.74) is 0.898. The zero-order valence-corrected chi connectivity index (χ0v) is 10.2. The van der Waals surface area contributed by atoms with Crippen molar-refractivity contribution in [3.8, 4) is 0 Å². The average molecular weight is 217 g/mol. The van der Waals surface area contributed by atoms with Crippen molar-refractivity contribution in [3.05, 3.63) is 35.9 Å². The average Bonchev–Trinajstić information content (AvgIpc) is 2.99. The van der Waals surface area contributed by atoms with Gasteiger partial charge < -0.3 is 5.32 Å². The molecular formula is C14H19NO. The van der Waals surface area contributed by atoms with E-state index in [4.69, 9.17) is 0 Å². The number of hydrogen-bond donors (Lipinski definition) is 1. The molecule has 1 amide bonds. The van der Waals surface area contributed by atoms with Gasteiger partial charge in [0.2, 0.25) is 0 Å². The molecule has 1 N–H and O–H groups in total. The summed E-state index contributed by atoms with van der Waals surface area (Å²) in [6.07, 6.45) is 2.18. The molecule has 86 valence electrons. The van der Waals surface area contributed by atoms with Gasteiger partial charge in [-0.05, 0) is 30.4 Å². The number of carbonyl (C=O) groups excluding carboxylic acids is 1. The quantitative estimate of drug-likeness (QED) is 0.810. The fourth-order valence-electron chi connectivity index (χ4n) is 2.07. The summed E-state index contributed by atoms with van der Waals surface area (Å²) >= 11 is 0. The largest absolute Gasteiger partial charge is 0.346 e. The Morgan fingerprint density at radius 1 is 1.19 bits per heavy atom. The first-order chi connectivity index (χ1) is 7.45. The highest BCUT2D eigenvalue weighted by atomic mass is 16.1. The molecule has 0 bridgehead atoms. The normalized spacial score (nSPS) is 17.9. The minimum Gasteiger partial charge on any atom is -0.346 e. The van der Waals surface area contributed by atoms with Crippen molar-refractivity contribution in [1.82, 2.24) is 5.32 Å². The monoisotopic (exact) mass is 217 g/mol. The van der Waals surface area contributed by atoms with Crippen molar-refractivity contribution < 1.29 is 4.79 Å². The van der Waals surface area contributed by atoms with Gasteiger partial charge in [0.1, 0.15) is 0 Å². The molecule has 1 saturated carbocycles. The molecule has 1 fully saturated rings. The first-order valence-corrected chi connectivity index (χ1v) is 5.82. The van der Waals surface area contributed by atoms with E-state index in [2.05, 4.69) is 26.1 Å². The van der Waals surface area contributed by atoms with Crippen molar-refractivity contribution in [3.63, 3.8) is 0 Å². The standard InChI is InChI=1S/C14H19NO/c1-13(2,3)14(9-10-14)15-12(16)11-7-5-4-6-8-11/h4-8H,9-10H2,1-3H3,(H,15,16). The molecule has 16 heavy (non-hydrogen) atoms. The van der Waals surface area contributed by atoms with E-state index in [9.17, 15) is 4.79 Å². The summed E-state index contributed by atoms with van der Waals surface area (Å²) in [5, 5.41) is 3.18. The highest BCUT2D eigenvalue weighted by Gasteiger charge is 2.52. The Kier molecular flexibility index (Phi) is 2.53. The highest BCUT2D eigenvalue weighted by Crippen LogP contribution is 2.49. The van der Waals surface area contributed by atoms with E-state index in [-0.39, 0.29) is 16.9 Å². The number of carbonyl (C=O) groups is 1. The van der Waals surface area contributed by atoms with Crippen molar-refractivity contribution in [2.75, 3.05) is 0 Å². The molecule has 1 aliphatic rings. The number of hydrogen-bond acceptors (Lipinski definition) is 1. The van der Waals surface area contributed by atoms with E-state index in [0.717, 1.165) is 18.4 Å². The first kappa shape index (κ1) is 11.2. The van der Waals surface area contributed by atoms with Crippen LogP contribution in [0.15, 0.2) is 30.3 Å². The van der Waals surface area contributed by atoms with Crippen molar-refractivity contribution in [1.29, 1.82) is 0 Å². The van der Waals surface area contributed by atoms with Crippen LogP contribution in [-0.2, 0) is 0 Å². The molecule has 0 saturated heterocycles. The molecule has 2 heteroatoms. The van der Waals surface area contributed by atoms with Crippen LogP contribution in [0.4, 0.5) is 0 Å². The summed E-state index contributed by atoms with van der Waals surface area (Å²) < 4.78 is 0. The lowest BCUT2D eigenvalue weighted by Gasteiger charge is -2.31. The number of rotatable bonds is 2. The maximum absolute atomic E-state index is 12.0. The maximum Gasteiger partial charge on any atom is 0.251 e. The van der Waals surface area contributed by atoms with Crippen LogP contribution >= 0.6 is 0 Å². The van der Waals surface area contributed by atoms with Crippen LogP contribution in [0.2, 0.25) is 0 Å². The van der Waals surface area contributed by atoms with Crippen LogP contribution in [0.5, 0.6) is 0 Å². The third-order valence-electron chi connectivity index (χ3n) is 3.57. The number of benzene rings is 1. The maximum atomic E-state index is 12.0. The molecule has 1 aromatic rings. The van der Waals surface area contributed by atoms with Crippen LogP contribution in [0.25, 0.3) is 0 Å². The Morgan fingerprint density at radius 2 is 1.75 bits per heavy atom. The molecule has 1 aromatic carbocycles. The van der Waals surface area contributed by atoms with Gasteiger partial charge in [-0.2, -0.15) is 0 Å². The van der Waals surface area contributed by atoms with E-state index in [1.54, 1.807) is 0 Å². The Bertz CT molecular complexity index is 385. The van der Waals surface area contributed by atoms with Crippen LogP contribution in [0, 0.1) is 5.41 Å². The molecule has 0 unspecified atom stereocenters. The van der Waals surface area contributed by atoms with E-state index in [1.807, 2.05) is 30.3 Å². The predicted octanol–water partition coefficient (Wildman–Crippen LogP) is 3.00. The molecule has 2 rings (SSSR count). The summed E-state index contributed by atoms with van der Waals surface area (Å²) in [5.74, 6) is 0.0491. The molecule has 0 atom stereocenters. The van der Waals surface area contributed by atoms with Gasteiger partial charge in [0.15, 0.2) is 0 Å². The smallest absolute Gasteiger partial charge is 0.251 e. The van der Waals surface area contributed by atoms with Gasteiger partial charge in [0.05, 0.1) is 0 Å². The molecule has 0 aliphatic heterocycles. The Hall–Kier alpha value is -1.31. The molecule has 0 spiro atoms. The summed E-state index contributed by atoms with van der Waals surface area (Å²) in [6.45, 7) is 6.56. The molecule has 0 heterocycles. The van der Waals surface area contributed by atoms with Crippen LogP contribution in [0.3, 0.4) is 0 Å². The minimum atomic E-state index is 0.0138. The zero-order chi connectivity index (χ0) is 11.8. The molecule has 0 aromatic heterocycles. The second kappa shape index (κ2) is 3.62. The molecule has 0 radical (unpaired) electrons. The molecule has 2 nitrogen and oxygen atoms in total. The topological polar surface area (TPSA) is 29.1 Å². The van der Waals surface area contributed by atoms with Crippen LogP contribution in [-0.4, -0.2) is 11.4 Å². The lowest BCUT2D eigenvalue weighted by Crippen LogP contribution is -2.46. The van der Waals surface area contributed by atoms with Gasteiger partial charge in [-0.15, -0.1) is 0 Å². The van der Waals surface area contributed by atoms with E-state index in [0.29, 0.717) is 0 Å². The lowest BCUT2D eigenvalue weighted by atomic mass is 9.84. The van der Waals surface area contributed by atoms with Crippen molar-refractivity contribution >= 4 is 5.91 Å². The van der Waals surface area contributed by atoms with Crippen molar-refractivity contribution in [2.45, 2.75) is 39.2 Å². The summed E-state index contributed by atoms with van der Waals surface area (Å²) in [6, 6.07) is 9.42. The molecular weight excluding hydrogens is 198 g/mol. The number of nitrogens with one attached hydrogen (secondary N) is 1. The van der Waals surface area contributed by atoms with Crippen molar-refractivity contribution in [2.24, 2.45) is 5.41 Å². The van der Waals surface area contributed by atoms with Gasteiger partial charge in [0.25, 0.3) is 5.91 Å². The third-order valence-corrected chi connectivity index (χ3v) is 3.57. The van der Waals surface area contributed by atoms with E-state index >= 15 is 0 Å². The summed E-state index contributed by atoms with van der Waals surface area (Å²) in [7, 11) is 0.